The van der Waals surface area contributed by atoms with Crippen molar-refractivity contribution in [3.63, 3.8) is 0 Å². The number of nitrogens with one attached hydrogen (secondary N) is 1. The Bertz CT molecular complexity index is 295. The van der Waals surface area contributed by atoms with Crippen LogP contribution in [0.2, 0.25) is 5.15 Å². The summed E-state index contributed by atoms with van der Waals surface area (Å²) in [4.78, 5) is 16.6. The summed E-state index contributed by atoms with van der Waals surface area (Å²) in [5.41, 5.74) is 0.503. The van der Waals surface area contributed by atoms with E-state index in [0.29, 0.717) is 5.15 Å². The molecule has 0 spiro atoms. The Morgan fingerprint density at radius 1 is 1.73 bits per heavy atom. The van der Waals surface area contributed by atoms with E-state index in [1.165, 1.54) is 6.20 Å². The molecule has 0 saturated heterocycles. The molecule has 1 heterocycles. The van der Waals surface area contributed by atoms with Crippen LogP contribution < -0.4 is 5.69 Å². The molecule has 0 bridgehead atoms. The summed E-state index contributed by atoms with van der Waals surface area (Å²) in [6.07, 6.45) is 3.36. The fourth-order valence-corrected chi connectivity index (χ4v) is 1.07. The van der Waals surface area contributed by atoms with Gasteiger partial charge in [0.15, 0.2) is 0 Å². The minimum absolute atomic E-state index is 0.394. The minimum Gasteiger partial charge on any atom is -0.296 e. The quantitative estimate of drug-likeness (QED) is 0.685. The second kappa shape index (κ2) is 3.53. The Morgan fingerprint density at radius 3 is 3.00 bits per heavy atom. The van der Waals surface area contributed by atoms with E-state index >= 15 is 0 Å². The summed E-state index contributed by atoms with van der Waals surface area (Å²) in [6, 6.07) is 0. The Labute approximate surface area is 69.4 Å². The second-order valence-corrected chi connectivity index (χ2v) is 2.66. The van der Waals surface area contributed by atoms with Crippen molar-refractivity contribution in [1.29, 1.82) is 0 Å². The van der Waals surface area contributed by atoms with E-state index in [0.717, 1.165) is 18.4 Å². The van der Waals surface area contributed by atoms with Crippen LogP contribution in [0.25, 0.3) is 0 Å². The molecule has 1 aromatic heterocycles. The molecule has 0 fully saturated rings. The Hall–Kier alpha value is -0.830. The molecule has 0 aliphatic rings. The van der Waals surface area contributed by atoms with Gasteiger partial charge in [-0.3, -0.25) is 4.98 Å². The Morgan fingerprint density at radius 2 is 2.45 bits per heavy atom. The van der Waals surface area contributed by atoms with Crippen LogP contribution in [0.3, 0.4) is 0 Å². The molecule has 0 amide bonds. The van der Waals surface area contributed by atoms with Crippen molar-refractivity contribution in [2.24, 2.45) is 0 Å². The number of aromatic amines is 1. The molecule has 1 aromatic rings. The molecular formula is C7H9ClN2O. The number of nitrogens with zero attached hydrogens (tertiary/aromatic N) is 1. The number of halogens is 1. The molecular weight excluding hydrogens is 164 g/mol. The third kappa shape index (κ3) is 2.05. The van der Waals surface area contributed by atoms with Gasteiger partial charge in [-0.15, -0.1) is 0 Å². The van der Waals surface area contributed by atoms with Gasteiger partial charge in [-0.25, -0.2) is 9.78 Å². The van der Waals surface area contributed by atoms with Crippen LogP contribution in [0.15, 0.2) is 11.0 Å². The van der Waals surface area contributed by atoms with E-state index < -0.39 is 5.69 Å². The van der Waals surface area contributed by atoms with Gasteiger partial charge in [0.25, 0.3) is 0 Å². The average molecular weight is 173 g/mol. The molecule has 4 heteroatoms. The Kier molecular flexibility index (Phi) is 2.65. The van der Waals surface area contributed by atoms with Crippen molar-refractivity contribution >= 4 is 11.6 Å². The van der Waals surface area contributed by atoms with Gasteiger partial charge in [0.1, 0.15) is 5.15 Å². The first-order valence-electron chi connectivity index (χ1n) is 3.47. The molecule has 3 nitrogen and oxygen atoms in total. The average Bonchev–Trinajstić information content (AvgIpc) is 1.95. The zero-order valence-electron chi connectivity index (χ0n) is 6.22. The van der Waals surface area contributed by atoms with Crippen LogP contribution in [0.5, 0.6) is 0 Å². The fraction of sp³-hybridized carbons (Fsp3) is 0.429. The van der Waals surface area contributed by atoms with Crippen molar-refractivity contribution in [2.75, 3.05) is 0 Å². The highest BCUT2D eigenvalue weighted by molar-refractivity contribution is 6.30. The summed E-state index contributed by atoms with van der Waals surface area (Å²) in [7, 11) is 0. The molecule has 60 valence electrons. The molecule has 0 aliphatic heterocycles. The molecule has 1 N–H and O–H groups in total. The molecule has 0 aromatic carbocycles. The van der Waals surface area contributed by atoms with Gasteiger partial charge >= 0.3 is 5.69 Å². The standard InChI is InChI=1S/C7H9ClN2O/c1-2-3-5-4-9-7(11)10-6(5)8/h4H,2-3H2,1H3,(H,9,10,11). The number of H-pyrrole nitrogens is 1. The van der Waals surface area contributed by atoms with Crippen LogP contribution >= 0.6 is 11.6 Å². The number of rotatable bonds is 2. The number of aromatic nitrogens is 2. The monoisotopic (exact) mass is 172 g/mol. The van der Waals surface area contributed by atoms with E-state index in [2.05, 4.69) is 9.97 Å². The number of hydrogen-bond acceptors (Lipinski definition) is 2. The van der Waals surface area contributed by atoms with Gasteiger partial charge in [0.05, 0.1) is 0 Å². The lowest BCUT2D eigenvalue weighted by Crippen LogP contribution is -2.10. The SMILES string of the molecule is CCCc1cnc(=O)[nH]c1Cl. The van der Waals surface area contributed by atoms with E-state index in [4.69, 9.17) is 11.6 Å². The lowest BCUT2D eigenvalue weighted by atomic mass is 10.2. The molecule has 0 atom stereocenters. The third-order valence-electron chi connectivity index (χ3n) is 1.36. The minimum atomic E-state index is -0.394. The lowest BCUT2D eigenvalue weighted by molar-refractivity contribution is 0.891. The van der Waals surface area contributed by atoms with Crippen LogP contribution in [0.1, 0.15) is 18.9 Å². The summed E-state index contributed by atoms with van der Waals surface area (Å²) in [6.45, 7) is 2.04. The van der Waals surface area contributed by atoms with Crippen LogP contribution in [-0.4, -0.2) is 9.97 Å². The fourth-order valence-electron chi connectivity index (χ4n) is 0.843. The van der Waals surface area contributed by atoms with Crippen LogP contribution in [-0.2, 0) is 6.42 Å². The maximum Gasteiger partial charge on any atom is 0.346 e. The van der Waals surface area contributed by atoms with Crippen molar-refractivity contribution < 1.29 is 0 Å². The van der Waals surface area contributed by atoms with Gasteiger partial charge in [-0.1, -0.05) is 24.9 Å². The zero-order chi connectivity index (χ0) is 8.27. The van der Waals surface area contributed by atoms with Gasteiger partial charge in [0, 0.05) is 11.8 Å². The van der Waals surface area contributed by atoms with Crippen molar-refractivity contribution in [1.82, 2.24) is 9.97 Å². The van der Waals surface area contributed by atoms with Gasteiger partial charge in [-0.05, 0) is 6.42 Å². The van der Waals surface area contributed by atoms with E-state index in [1.807, 2.05) is 6.92 Å². The molecule has 11 heavy (non-hydrogen) atoms. The van der Waals surface area contributed by atoms with E-state index in [-0.39, 0.29) is 0 Å². The van der Waals surface area contributed by atoms with Gasteiger partial charge < -0.3 is 0 Å². The summed E-state index contributed by atoms with van der Waals surface area (Å²) >= 11 is 5.71. The largest absolute Gasteiger partial charge is 0.346 e. The molecule has 1 rings (SSSR count). The van der Waals surface area contributed by atoms with Gasteiger partial charge in [0.2, 0.25) is 0 Å². The maximum atomic E-state index is 10.6. The van der Waals surface area contributed by atoms with Crippen LogP contribution in [0, 0.1) is 0 Å². The highest BCUT2D eigenvalue weighted by atomic mass is 35.5. The smallest absolute Gasteiger partial charge is 0.296 e. The zero-order valence-corrected chi connectivity index (χ0v) is 6.98. The lowest BCUT2D eigenvalue weighted by Gasteiger charge is -1.98. The predicted molar refractivity (Wildman–Crippen MR) is 43.9 cm³/mol. The first-order chi connectivity index (χ1) is 5.24. The van der Waals surface area contributed by atoms with Crippen LogP contribution in [0.4, 0.5) is 0 Å². The first-order valence-corrected chi connectivity index (χ1v) is 3.85. The Balaban J connectivity index is 2.99. The topological polar surface area (TPSA) is 45.8 Å². The van der Waals surface area contributed by atoms with Crippen molar-refractivity contribution in [2.45, 2.75) is 19.8 Å². The van der Waals surface area contributed by atoms with E-state index in [9.17, 15) is 4.79 Å². The highest BCUT2D eigenvalue weighted by Crippen LogP contribution is 2.10. The summed E-state index contributed by atoms with van der Waals surface area (Å²) in [5.74, 6) is 0. The third-order valence-corrected chi connectivity index (χ3v) is 1.69. The second-order valence-electron chi connectivity index (χ2n) is 2.28. The summed E-state index contributed by atoms with van der Waals surface area (Å²) in [5, 5.41) is 0.409. The summed E-state index contributed by atoms with van der Waals surface area (Å²) < 4.78 is 0. The first kappa shape index (κ1) is 8.27. The number of hydrogen-bond donors (Lipinski definition) is 1. The maximum absolute atomic E-state index is 10.6. The van der Waals surface area contributed by atoms with E-state index in [1.54, 1.807) is 0 Å². The molecule has 0 radical (unpaired) electrons. The predicted octanol–water partition coefficient (Wildman–Crippen LogP) is 1.38. The normalized spacial score (nSPS) is 10.0. The van der Waals surface area contributed by atoms with Crippen molar-refractivity contribution in [3.8, 4) is 0 Å². The van der Waals surface area contributed by atoms with Gasteiger partial charge in [-0.2, -0.15) is 0 Å². The molecule has 0 saturated carbocycles. The molecule has 0 aliphatic carbocycles. The van der Waals surface area contributed by atoms with Crippen molar-refractivity contribution in [3.05, 3.63) is 27.4 Å². The highest BCUT2D eigenvalue weighted by Gasteiger charge is 1.98. The number of aryl methyl sites for hydroxylation is 1. The molecule has 0 unspecified atom stereocenters.